The monoisotopic (exact) mass is 451 g/mol. The first-order valence-corrected chi connectivity index (χ1v) is 12.2. The van der Waals surface area contributed by atoms with E-state index in [9.17, 15) is 19.5 Å². The number of nitrogens with one attached hydrogen (secondary N) is 1. The minimum atomic E-state index is -0.995. The molecule has 0 bridgehead atoms. The van der Waals surface area contributed by atoms with Crippen molar-refractivity contribution in [1.29, 1.82) is 0 Å². The van der Waals surface area contributed by atoms with Crippen molar-refractivity contribution in [3.63, 3.8) is 0 Å². The standard InChI is InChI=1S/C25H45N3O4/c1-9-17(5)22(24(30)27(8)21(16(3)4)15-18(6)25(31)32)26-23(29)20-13-11-12-14-28(20)19(7)10-2/h15-17,19-22H,9-14H2,1-8H3,(H,26,29)(H,31,32)/b18-15+/t17-,19?,20?,21+,22-/m0/s1. The smallest absolute Gasteiger partial charge is 0.331 e. The molecule has 0 aromatic carbocycles. The molecular weight excluding hydrogens is 406 g/mol. The number of hydrogen-bond donors (Lipinski definition) is 2. The van der Waals surface area contributed by atoms with Crippen LogP contribution in [0.1, 0.15) is 80.6 Å². The summed E-state index contributed by atoms with van der Waals surface area (Å²) in [6.07, 6.45) is 6.28. The molecule has 1 heterocycles. The average Bonchev–Trinajstić information content (AvgIpc) is 2.78. The maximum atomic E-state index is 13.6. The van der Waals surface area contributed by atoms with Gasteiger partial charge in [-0.3, -0.25) is 14.5 Å². The van der Waals surface area contributed by atoms with Crippen LogP contribution in [-0.4, -0.2) is 70.4 Å². The van der Waals surface area contributed by atoms with E-state index in [0.29, 0.717) is 6.04 Å². The van der Waals surface area contributed by atoms with Crippen LogP contribution in [0.3, 0.4) is 0 Å². The summed E-state index contributed by atoms with van der Waals surface area (Å²) in [5.41, 5.74) is 0.207. The Bertz CT molecular complexity index is 676. The first kappa shape index (κ1) is 28.1. The maximum absolute atomic E-state index is 13.6. The Morgan fingerprint density at radius 2 is 1.75 bits per heavy atom. The number of likely N-dealkylation sites (N-methyl/N-ethyl adjacent to an activating group) is 1. The number of carbonyl (C=O) groups excluding carboxylic acids is 2. The van der Waals surface area contributed by atoms with Crippen molar-refractivity contribution in [3.8, 4) is 0 Å². The summed E-state index contributed by atoms with van der Waals surface area (Å²) >= 11 is 0. The van der Waals surface area contributed by atoms with Gasteiger partial charge >= 0.3 is 5.97 Å². The third-order valence-corrected chi connectivity index (χ3v) is 7.02. The first-order chi connectivity index (χ1) is 15.0. The van der Waals surface area contributed by atoms with E-state index in [-0.39, 0.29) is 41.3 Å². The molecule has 2 unspecified atom stereocenters. The lowest BCUT2D eigenvalue weighted by molar-refractivity contribution is -0.140. The first-order valence-electron chi connectivity index (χ1n) is 12.2. The molecule has 7 heteroatoms. The molecule has 0 saturated carbocycles. The van der Waals surface area contributed by atoms with Crippen LogP contribution in [0.4, 0.5) is 0 Å². The summed E-state index contributed by atoms with van der Waals surface area (Å²) in [5.74, 6) is -1.24. The Kier molecular flexibility index (Phi) is 11.4. The molecule has 0 radical (unpaired) electrons. The quantitative estimate of drug-likeness (QED) is 0.468. The molecule has 1 aliphatic rings. The van der Waals surface area contributed by atoms with Crippen molar-refractivity contribution in [2.75, 3.05) is 13.6 Å². The second-order valence-electron chi connectivity index (χ2n) is 9.72. The minimum Gasteiger partial charge on any atom is -0.478 e. The van der Waals surface area contributed by atoms with E-state index in [4.69, 9.17) is 0 Å². The molecule has 0 aromatic heterocycles. The number of likely N-dealkylation sites (tertiary alicyclic amines) is 1. The van der Waals surface area contributed by atoms with E-state index < -0.39 is 12.0 Å². The van der Waals surface area contributed by atoms with E-state index in [1.807, 2.05) is 27.7 Å². The third kappa shape index (κ3) is 7.32. The maximum Gasteiger partial charge on any atom is 0.331 e. The average molecular weight is 452 g/mol. The van der Waals surface area contributed by atoms with E-state index in [0.717, 1.165) is 38.6 Å². The summed E-state index contributed by atoms with van der Waals surface area (Å²) in [6, 6.07) is -0.898. The van der Waals surface area contributed by atoms with Gasteiger partial charge in [-0.05, 0) is 51.5 Å². The second kappa shape index (κ2) is 13.0. The molecule has 2 amide bonds. The number of carbonyl (C=O) groups is 3. The van der Waals surface area contributed by atoms with Crippen LogP contribution in [0.15, 0.2) is 11.6 Å². The summed E-state index contributed by atoms with van der Waals surface area (Å²) in [5, 5.41) is 12.4. The van der Waals surface area contributed by atoms with E-state index in [2.05, 4.69) is 24.1 Å². The number of carboxylic acids is 1. The van der Waals surface area contributed by atoms with Crippen molar-refractivity contribution in [2.24, 2.45) is 11.8 Å². The van der Waals surface area contributed by atoms with Crippen molar-refractivity contribution in [1.82, 2.24) is 15.1 Å². The number of rotatable bonds is 11. The molecule has 2 N–H and O–H groups in total. The van der Waals surface area contributed by atoms with Gasteiger partial charge in [-0.25, -0.2) is 4.79 Å². The zero-order valence-electron chi connectivity index (χ0n) is 21.4. The molecule has 1 fully saturated rings. The molecule has 1 rings (SSSR count). The summed E-state index contributed by atoms with van der Waals surface area (Å²) in [6.45, 7) is 14.6. The number of carboxylic acid groups (broad SMARTS) is 1. The number of hydrogen-bond acceptors (Lipinski definition) is 4. The number of piperidine rings is 1. The van der Waals surface area contributed by atoms with Gasteiger partial charge in [0.15, 0.2) is 0 Å². The zero-order valence-corrected chi connectivity index (χ0v) is 21.4. The van der Waals surface area contributed by atoms with Gasteiger partial charge in [0.2, 0.25) is 11.8 Å². The fourth-order valence-electron chi connectivity index (χ4n) is 4.38. The highest BCUT2D eigenvalue weighted by atomic mass is 16.4. The van der Waals surface area contributed by atoms with Crippen molar-refractivity contribution >= 4 is 17.8 Å². The van der Waals surface area contributed by atoms with Crippen LogP contribution in [0, 0.1) is 11.8 Å². The van der Waals surface area contributed by atoms with Crippen LogP contribution in [0.25, 0.3) is 0 Å². The Hall–Kier alpha value is -1.89. The molecule has 1 aliphatic heterocycles. The molecule has 0 aromatic rings. The van der Waals surface area contributed by atoms with Gasteiger partial charge in [-0.1, -0.05) is 53.5 Å². The highest BCUT2D eigenvalue weighted by molar-refractivity contribution is 5.90. The lowest BCUT2D eigenvalue weighted by Crippen LogP contribution is -2.59. The molecule has 7 nitrogen and oxygen atoms in total. The topological polar surface area (TPSA) is 90.0 Å². The fraction of sp³-hybridized carbons (Fsp3) is 0.800. The van der Waals surface area contributed by atoms with E-state index >= 15 is 0 Å². The Balaban J connectivity index is 3.13. The van der Waals surface area contributed by atoms with Gasteiger partial charge in [0.05, 0.1) is 12.1 Å². The van der Waals surface area contributed by atoms with Gasteiger partial charge in [-0.2, -0.15) is 0 Å². The fourth-order valence-corrected chi connectivity index (χ4v) is 4.38. The number of aliphatic carboxylic acids is 1. The molecule has 0 spiro atoms. The van der Waals surface area contributed by atoms with Gasteiger partial charge in [0.1, 0.15) is 6.04 Å². The highest BCUT2D eigenvalue weighted by Crippen LogP contribution is 2.23. The minimum absolute atomic E-state index is 0.0331. The molecular formula is C25H45N3O4. The van der Waals surface area contributed by atoms with E-state index in [1.165, 1.54) is 6.92 Å². The number of nitrogens with zero attached hydrogens (tertiary/aromatic N) is 2. The van der Waals surface area contributed by atoms with Crippen molar-refractivity contribution < 1.29 is 19.5 Å². The molecule has 184 valence electrons. The van der Waals surface area contributed by atoms with Crippen LogP contribution in [-0.2, 0) is 14.4 Å². The van der Waals surface area contributed by atoms with Crippen molar-refractivity contribution in [2.45, 2.75) is 105 Å². The van der Waals surface area contributed by atoms with Crippen LogP contribution in [0.2, 0.25) is 0 Å². The SMILES string of the molecule is CCC(C)N1CCCCC1C(=O)N[C@H](C(=O)N(C)[C@H](/C=C(\C)C(=O)O)C(C)C)[C@@H](C)CC. The largest absolute Gasteiger partial charge is 0.478 e. The normalized spacial score (nSPS) is 21.5. The van der Waals surface area contributed by atoms with Gasteiger partial charge in [0.25, 0.3) is 0 Å². The highest BCUT2D eigenvalue weighted by Gasteiger charge is 2.36. The summed E-state index contributed by atoms with van der Waals surface area (Å²) in [7, 11) is 1.70. The third-order valence-electron chi connectivity index (χ3n) is 7.02. The molecule has 5 atom stereocenters. The van der Waals surface area contributed by atoms with E-state index in [1.54, 1.807) is 18.0 Å². The predicted molar refractivity (Wildman–Crippen MR) is 128 cm³/mol. The Morgan fingerprint density at radius 3 is 2.25 bits per heavy atom. The Morgan fingerprint density at radius 1 is 1.12 bits per heavy atom. The zero-order chi connectivity index (χ0) is 24.6. The molecule has 32 heavy (non-hydrogen) atoms. The van der Waals surface area contributed by atoms with Crippen LogP contribution in [0.5, 0.6) is 0 Å². The van der Waals surface area contributed by atoms with Gasteiger partial charge < -0.3 is 15.3 Å². The lowest BCUT2D eigenvalue weighted by Gasteiger charge is -2.40. The second-order valence-corrected chi connectivity index (χ2v) is 9.72. The van der Waals surface area contributed by atoms with Gasteiger partial charge in [-0.15, -0.1) is 0 Å². The molecule has 1 saturated heterocycles. The van der Waals surface area contributed by atoms with Gasteiger partial charge in [0, 0.05) is 18.7 Å². The number of amides is 2. The van der Waals surface area contributed by atoms with Crippen molar-refractivity contribution in [3.05, 3.63) is 11.6 Å². The lowest BCUT2D eigenvalue weighted by atomic mass is 9.93. The predicted octanol–water partition coefficient (Wildman–Crippen LogP) is 3.68. The Labute approximate surface area is 194 Å². The van der Waals surface area contributed by atoms with Crippen LogP contribution < -0.4 is 5.32 Å². The molecule has 0 aliphatic carbocycles. The summed E-state index contributed by atoms with van der Waals surface area (Å²) < 4.78 is 0. The summed E-state index contributed by atoms with van der Waals surface area (Å²) in [4.78, 5) is 42.1. The van der Waals surface area contributed by atoms with Crippen LogP contribution >= 0.6 is 0 Å².